The maximum atomic E-state index is 13.4. The summed E-state index contributed by atoms with van der Waals surface area (Å²) >= 11 is 0. The number of nitrogens with zero attached hydrogens (tertiary/aromatic N) is 4. The fourth-order valence-electron chi connectivity index (χ4n) is 4.72. The number of nitrogens with one attached hydrogen (secondary N) is 2. The van der Waals surface area contributed by atoms with Gasteiger partial charge in [-0.25, -0.2) is 14.8 Å². The first-order valence-electron chi connectivity index (χ1n) is 12.5. The average molecular weight is 551 g/mol. The Morgan fingerprint density at radius 3 is 2.79 bits per heavy atom. The van der Waals surface area contributed by atoms with Gasteiger partial charge in [0, 0.05) is 25.4 Å². The van der Waals surface area contributed by atoms with Gasteiger partial charge in [-0.15, -0.1) is 0 Å². The predicted octanol–water partition coefficient (Wildman–Crippen LogP) is 3.32. The Bertz CT molecular complexity index is 1260. The molecule has 0 saturated carbocycles. The van der Waals surface area contributed by atoms with E-state index in [-0.39, 0.29) is 36.1 Å². The van der Waals surface area contributed by atoms with Crippen LogP contribution >= 0.6 is 0 Å². The lowest BCUT2D eigenvalue weighted by Gasteiger charge is -2.35. The fourth-order valence-corrected chi connectivity index (χ4v) is 4.72. The molecule has 2 aromatic rings. The van der Waals surface area contributed by atoms with Crippen molar-refractivity contribution in [2.45, 2.75) is 57.3 Å². The van der Waals surface area contributed by atoms with E-state index in [0.717, 1.165) is 6.92 Å². The normalized spacial score (nSPS) is 22.3. The minimum Gasteiger partial charge on any atom is -0.491 e. The van der Waals surface area contributed by atoms with Gasteiger partial charge in [-0.3, -0.25) is 15.0 Å². The monoisotopic (exact) mass is 550 g/mol. The van der Waals surface area contributed by atoms with Crippen LogP contribution in [0.1, 0.15) is 37.7 Å². The molecule has 5 rings (SSSR count). The summed E-state index contributed by atoms with van der Waals surface area (Å²) in [7, 11) is 0. The van der Waals surface area contributed by atoms with E-state index < -0.39 is 29.9 Å². The summed E-state index contributed by atoms with van der Waals surface area (Å²) in [5, 5.41) is 4.66. The van der Waals surface area contributed by atoms with Crippen molar-refractivity contribution >= 4 is 29.3 Å². The third-order valence-corrected chi connectivity index (χ3v) is 6.71. The van der Waals surface area contributed by atoms with Crippen LogP contribution in [0.3, 0.4) is 0 Å². The van der Waals surface area contributed by atoms with Crippen LogP contribution in [0.5, 0.6) is 5.75 Å². The molecule has 3 amide bonds. The third kappa shape index (κ3) is 5.86. The highest BCUT2D eigenvalue weighted by Gasteiger charge is 2.41. The first kappa shape index (κ1) is 26.9. The lowest BCUT2D eigenvalue weighted by atomic mass is 10.1. The maximum Gasteiger partial charge on any atom is 0.408 e. The second-order valence-corrected chi connectivity index (χ2v) is 10.1. The number of aromatic nitrogens is 2. The molecule has 14 heteroatoms. The van der Waals surface area contributed by atoms with E-state index in [9.17, 15) is 22.8 Å². The second kappa shape index (κ2) is 10.2. The summed E-state index contributed by atoms with van der Waals surface area (Å²) < 4.78 is 55.9. The number of fused-ring (bicyclic) bond motifs is 4. The zero-order chi connectivity index (χ0) is 27.9. The van der Waals surface area contributed by atoms with E-state index in [0.29, 0.717) is 37.6 Å². The third-order valence-electron chi connectivity index (χ3n) is 6.71. The van der Waals surface area contributed by atoms with E-state index in [4.69, 9.17) is 14.2 Å². The highest BCUT2D eigenvalue weighted by atomic mass is 19.4. The van der Waals surface area contributed by atoms with Crippen molar-refractivity contribution in [1.82, 2.24) is 15.3 Å². The van der Waals surface area contributed by atoms with E-state index in [1.54, 1.807) is 18.2 Å². The number of rotatable bonds is 6. The molecule has 0 radical (unpaired) electrons. The minimum absolute atomic E-state index is 0.196. The SMILES string of the molecule is C[C@@H](NC(=O)c1ccc2c(n1)N(C(=O)Nc1cc(OC[C@H]3COC(C)(C)O3)ccn1)C1CCN2C1)C(F)(F)F. The number of carbonyl (C=O) groups is 2. The Hall–Kier alpha value is -3.65. The fraction of sp³-hybridized carbons (Fsp3) is 0.520. The number of hydrogen-bond acceptors (Lipinski definition) is 8. The molecule has 2 fully saturated rings. The van der Waals surface area contributed by atoms with Gasteiger partial charge in [0.25, 0.3) is 5.91 Å². The van der Waals surface area contributed by atoms with Crippen LogP contribution in [-0.2, 0) is 9.47 Å². The van der Waals surface area contributed by atoms with Gasteiger partial charge in [0.15, 0.2) is 11.6 Å². The Morgan fingerprint density at radius 2 is 2.08 bits per heavy atom. The summed E-state index contributed by atoms with van der Waals surface area (Å²) in [6.45, 7) is 6.38. The summed E-state index contributed by atoms with van der Waals surface area (Å²) in [6.07, 6.45) is -2.68. The van der Waals surface area contributed by atoms with E-state index in [1.807, 2.05) is 24.1 Å². The topological polar surface area (TPSA) is 118 Å². The highest BCUT2D eigenvalue weighted by Crippen LogP contribution is 2.39. The van der Waals surface area contributed by atoms with E-state index >= 15 is 0 Å². The summed E-state index contributed by atoms with van der Waals surface area (Å²) in [5.74, 6) is -0.756. The van der Waals surface area contributed by atoms with Crippen molar-refractivity contribution in [3.63, 3.8) is 0 Å². The molecule has 3 atom stereocenters. The number of carbonyl (C=O) groups excluding carboxylic acids is 2. The van der Waals surface area contributed by atoms with Crippen molar-refractivity contribution in [3.8, 4) is 5.75 Å². The van der Waals surface area contributed by atoms with Gasteiger partial charge in [0.2, 0.25) is 0 Å². The quantitative estimate of drug-likeness (QED) is 0.563. The lowest BCUT2D eigenvalue weighted by molar-refractivity contribution is -0.149. The molecule has 210 valence electrons. The number of hydrogen-bond donors (Lipinski definition) is 2. The average Bonchev–Trinajstić information content (AvgIpc) is 3.45. The molecule has 2 bridgehead atoms. The summed E-state index contributed by atoms with van der Waals surface area (Å²) in [5.41, 5.74) is 0.394. The zero-order valence-corrected chi connectivity index (χ0v) is 21.6. The molecular formula is C25H29F3N6O5. The number of halogens is 3. The van der Waals surface area contributed by atoms with Crippen LogP contribution in [-0.4, -0.2) is 78.4 Å². The van der Waals surface area contributed by atoms with Gasteiger partial charge >= 0.3 is 12.2 Å². The van der Waals surface area contributed by atoms with Gasteiger partial charge in [0.05, 0.1) is 18.3 Å². The van der Waals surface area contributed by atoms with Crippen LogP contribution in [0.4, 0.5) is 35.3 Å². The number of alkyl halides is 3. The van der Waals surface area contributed by atoms with Crippen molar-refractivity contribution in [1.29, 1.82) is 0 Å². The molecular weight excluding hydrogens is 521 g/mol. The molecule has 11 nitrogen and oxygen atoms in total. The van der Waals surface area contributed by atoms with Crippen LogP contribution < -0.4 is 25.2 Å². The molecule has 2 saturated heterocycles. The Kier molecular flexibility index (Phi) is 7.01. The number of urea groups is 1. The molecule has 1 unspecified atom stereocenters. The molecule has 3 aliphatic rings. The summed E-state index contributed by atoms with van der Waals surface area (Å²) in [4.78, 5) is 37.9. The minimum atomic E-state index is -4.60. The molecule has 0 aliphatic carbocycles. The van der Waals surface area contributed by atoms with Gasteiger partial charge in [0.1, 0.15) is 36.0 Å². The van der Waals surface area contributed by atoms with Gasteiger partial charge in [-0.2, -0.15) is 13.2 Å². The van der Waals surface area contributed by atoms with Gasteiger partial charge < -0.3 is 24.4 Å². The number of anilines is 3. The van der Waals surface area contributed by atoms with Crippen LogP contribution in [0.25, 0.3) is 0 Å². The number of pyridine rings is 2. The highest BCUT2D eigenvalue weighted by molar-refractivity contribution is 6.05. The van der Waals surface area contributed by atoms with Gasteiger partial charge in [-0.1, -0.05) is 0 Å². The molecule has 2 aromatic heterocycles. The van der Waals surface area contributed by atoms with Crippen LogP contribution in [0.2, 0.25) is 0 Å². The first-order valence-corrected chi connectivity index (χ1v) is 12.5. The number of ether oxygens (including phenoxy) is 3. The summed E-state index contributed by atoms with van der Waals surface area (Å²) in [6, 6.07) is 3.35. The first-order chi connectivity index (χ1) is 18.4. The molecule has 2 N–H and O–H groups in total. The van der Waals surface area contributed by atoms with Crippen LogP contribution in [0, 0.1) is 0 Å². The Labute approximate surface area is 222 Å². The molecule has 0 spiro atoms. The van der Waals surface area contributed by atoms with Gasteiger partial charge in [-0.05, 0) is 45.4 Å². The van der Waals surface area contributed by atoms with E-state index in [1.165, 1.54) is 17.2 Å². The van der Waals surface area contributed by atoms with Crippen molar-refractivity contribution in [2.24, 2.45) is 0 Å². The smallest absolute Gasteiger partial charge is 0.408 e. The lowest BCUT2D eigenvalue weighted by Crippen LogP contribution is -2.49. The largest absolute Gasteiger partial charge is 0.491 e. The molecule has 0 aromatic carbocycles. The second-order valence-electron chi connectivity index (χ2n) is 10.1. The molecule has 3 aliphatic heterocycles. The van der Waals surface area contributed by atoms with Crippen molar-refractivity contribution < 1.29 is 37.0 Å². The van der Waals surface area contributed by atoms with Crippen LogP contribution in [0.15, 0.2) is 30.5 Å². The van der Waals surface area contributed by atoms with Crippen molar-refractivity contribution in [3.05, 3.63) is 36.2 Å². The Balaban J connectivity index is 1.31. The van der Waals surface area contributed by atoms with E-state index in [2.05, 4.69) is 15.3 Å². The maximum absolute atomic E-state index is 13.4. The molecule has 5 heterocycles. The number of amides is 3. The zero-order valence-electron chi connectivity index (χ0n) is 21.6. The van der Waals surface area contributed by atoms with Crippen molar-refractivity contribution in [2.75, 3.05) is 41.4 Å². The molecule has 39 heavy (non-hydrogen) atoms. The Morgan fingerprint density at radius 1 is 1.28 bits per heavy atom. The predicted molar refractivity (Wildman–Crippen MR) is 134 cm³/mol. The standard InChI is InChI=1S/C25H29F3N6O5/c1-14(25(26,27)28)30-22(35)18-4-5-19-21(31-18)34(15-7-9-33(19)11-15)23(36)32-20-10-16(6-8-29-20)37-12-17-13-38-24(2,3)39-17/h4-6,8,10,14-15,17H,7,9,11-13H2,1-3H3,(H,30,35)(H,29,32,36)/t14-,15?,17+/m1/s1.